The first kappa shape index (κ1) is 19.7. The van der Waals surface area contributed by atoms with Crippen molar-refractivity contribution in [1.29, 1.82) is 5.26 Å². The molecule has 0 bridgehead atoms. The summed E-state index contributed by atoms with van der Waals surface area (Å²) in [6, 6.07) is 10.2. The molecule has 6 heteroatoms. The van der Waals surface area contributed by atoms with E-state index in [9.17, 15) is 10.1 Å². The SMILES string of the molecule is CC1CC1NCC1(COc2ccccc2C#N)CCN(CCC(=O)O)CC1. The minimum atomic E-state index is -0.743. The van der Waals surface area contributed by atoms with Gasteiger partial charge in [-0.05, 0) is 50.4 Å². The second kappa shape index (κ2) is 8.73. The summed E-state index contributed by atoms with van der Waals surface area (Å²) in [4.78, 5) is 13.1. The van der Waals surface area contributed by atoms with Gasteiger partial charge in [0.15, 0.2) is 0 Å². The number of nitrogens with zero attached hydrogens (tertiary/aromatic N) is 2. The molecular formula is C21H29N3O3. The Hall–Kier alpha value is -2.10. The van der Waals surface area contributed by atoms with E-state index in [1.54, 1.807) is 6.07 Å². The van der Waals surface area contributed by atoms with Crippen molar-refractivity contribution in [1.82, 2.24) is 10.2 Å². The molecule has 0 amide bonds. The van der Waals surface area contributed by atoms with Crippen LogP contribution in [0.1, 0.15) is 38.2 Å². The van der Waals surface area contributed by atoms with E-state index in [1.165, 1.54) is 6.42 Å². The highest BCUT2D eigenvalue weighted by molar-refractivity contribution is 5.66. The molecule has 0 spiro atoms. The highest BCUT2D eigenvalue weighted by atomic mass is 16.5. The maximum Gasteiger partial charge on any atom is 0.304 e. The monoisotopic (exact) mass is 371 g/mol. The first-order chi connectivity index (χ1) is 13.0. The van der Waals surface area contributed by atoms with E-state index in [-0.39, 0.29) is 11.8 Å². The Kier molecular flexibility index (Phi) is 6.35. The van der Waals surface area contributed by atoms with E-state index >= 15 is 0 Å². The summed E-state index contributed by atoms with van der Waals surface area (Å²) in [5.74, 6) is 0.651. The molecule has 0 radical (unpaired) electrons. The molecule has 1 saturated heterocycles. The van der Waals surface area contributed by atoms with Gasteiger partial charge in [-0.3, -0.25) is 4.79 Å². The van der Waals surface area contributed by atoms with Crippen molar-refractivity contribution in [3.8, 4) is 11.8 Å². The van der Waals surface area contributed by atoms with Gasteiger partial charge in [-0.2, -0.15) is 5.26 Å². The van der Waals surface area contributed by atoms with Crippen molar-refractivity contribution in [2.75, 3.05) is 32.8 Å². The molecule has 2 unspecified atom stereocenters. The summed E-state index contributed by atoms with van der Waals surface area (Å²) in [6.45, 7) is 6.13. The number of para-hydroxylation sites is 1. The number of hydrogen-bond donors (Lipinski definition) is 2. The van der Waals surface area contributed by atoms with Crippen LogP contribution in [0.4, 0.5) is 0 Å². The largest absolute Gasteiger partial charge is 0.492 e. The van der Waals surface area contributed by atoms with Crippen LogP contribution in [0, 0.1) is 22.7 Å². The smallest absolute Gasteiger partial charge is 0.304 e. The van der Waals surface area contributed by atoms with E-state index in [0.717, 1.165) is 38.4 Å². The van der Waals surface area contributed by atoms with Crippen LogP contribution in [-0.4, -0.2) is 54.8 Å². The number of rotatable bonds is 9. The number of ether oxygens (including phenoxy) is 1. The molecule has 0 aromatic heterocycles. The molecule has 1 aliphatic heterocycles. The van der Waals surface area contributed by atoms with Gasteiger partial charge in [0.2, 0.25) is 0 Å². The van der Waals surface area contributed by atoms with Gasteiger partial charge in [0.1, 0.15) is 11.8 Å². The standard InChI is InChI=1S/C21H29N3O3/c1-16-12-18(16)23-14-21(7-10-24(11-8-21)9-6-20(25)26)15-27-19-5-3-2-4-17(19)13-22/h2-5,16,18,23H,6-12,14-15H2,1H3,(H,25,26). The van der Waals surface area contributed by atoms with E-state index in [0.29, 0.717) is 30.5 Å². The minimum Gasteiger partial charge on any atom is -0.492 e. The number of piperidine rings is 1. The average Bonchev–Trinajstić information content (AvgIpc) is 3.40. The summed E-state index contributed by atoms with van der Waals surface area (Å²) < 4.78 is 6.11. The highest BCUT2D eigenvalue weighted by Gasteiger charge is 2.39. The first-order valence-electron chi connectivity index (χ1n) is 9.81. The quantitative estimate of drug-likeness (QED) is 0.694. The Morgan fingerprint density at radius 2 is 2.11 bits per heavy atom. The molecule has 27 heavy (non-hydrogen) atoms. The van der Waals surface area contributed by atoms with Crippen molar-refractivity contribution >= 4 is 5.97 Å². The van der Waals surface area contributed by atoms with Crippen molar-refractivity contribution in [2.45, 2.75) is 38.6 Å². The van der Waals surface area contributed by atoms with E-state index in [2.05, 4.69) is 23.2 Å². The summed E-state index contributed by atoms with van der Waals surface area (Å²) in [5.41, 5.74) is 0.584. The number of hydrogen-bond acceptors (Lipinski definition) is 5. The van der Waals surface area contributed by atoms with Crippen LogP contribution in [0.2, 0.25) is 0 Å². The molecule has 2 N–H and O–H groups in total. The molecular weight excluding hydrogens is 342 g/mol. The van der Waals surface area contributed by atoms with Crippen molar-refractivity contribution in [2.24, 2.45) is 11.3 Å². The van der Waals surface area contributed by atoms with Gasteiger partial charge < -0.3 is 20.1 Å². The van der Waals surface area contributed by atoms with Crippen LogP contribution in [0.5, 0.6) is 5.75 Å². The number of carbonyl (C=O) groups is 1. The molecule has 3 rings (SSSR count). The lowest BCUT2D eigenvalue weighted by atomic mass is 9.78. The third-order valence-electron chi connectivity index (χ3n) is 5.95. The van der Waals surface area contributed by atoms with E-state index < -0.39 is 5.97 Å². The summed E-state index contributed by atoms with van der Waals surface area (Å²) in [6.07, 6.45) is 3.36. The van der Waals surface area contributed by atoms with E-state index in [1.807, 2.05) is 18.2 Å². The Morgan fingerprint density at radius 1 is 1.41 bits per heavy atom. The zero-order valence-electron chi connectivity index (χ0n) is 16.0. The Morgan fingerprint density at radius 3 is 2.74 bits per heavy atom. The van der Waals surface area contributed by atoms with Crippen LogP contribution in [0.25, 0.3) is 0 Å². The normalized spacial score (nSPS) is 24.1. The molecule has 1 saturated carbocycles. The third-order valence-corrected chi connectivity index (χ3v) is 5.95. The molecule has 1 aromatic carbocycles. The number of benzene rings is 1. The maximum atomic E-state index is 10.8. The predicted molar refractivity (Wildman–Crippen MR) is 103 cm³/mol. The first-order valence-corrected chi connectivity index (χ1v) is 9.81. The fourth-order valence-electron chi connectivity index (χ4n) is 3.75. The third kappa shape index (κ3) is 5.44. The topological polar surface area (TPSA) is 85.6 Å². The molecule has 1 aromatic rings. The fourth-order valence-corrected chi connectivity index (χ4v) is 3.75. The Balaban J connectivity index is 1.60. The maximum absolute atomic E-state index is 10.8. The molecule has 1 aliphatic carbocycles. The molecule has 1 heterocycles. The zero-order chi connectivity index (χ0) is 19.3. The van der Waals surface area contributed by atoms with Crippen molar-refractivity contribution in [3.63, 3.8) is 0 Å². The number of carboxylic acid groups (broad SMARTS) is 1. The molecule has 2 atom stereocenters. The van der Waals surface area contributed by atoms with Gasteiger partial charge in [-0.25, -0.2) is 0 Å². The average molecular weight is 371 g/mol. The van der Waals surface area contributed by atoms with Crippen LogP contribution in [0.15, 0.2) is 24.3 Å². The fraction of sp³-hybridized carbons (Fsp3) is 0.619. The lowest BCUT2D eigenvalue weighted by molar-refractivity contribution is -0.137. The number of nitrogens with one attached hydrogen (secondary N) is 1. The highest BCUT2D eigenvalue weighted by Crippen LogP contribution is 2.35. The van der Waals surface area contributed by atoms with Gasteiger partial charge in [-0.15, -0.1) is 0 Å². The summed E-state index contributed by atoms with van der Waals surface area (Å²) >= 11 is 0. The van der Waals surface area contributed by atoms with Crippen molar-refractivity contribution < 1.29 is 14.6 Å². The Bertz CT molecular complexity index is 692. The van der Waals surface area contributed by atoms with Gasteiger partial charge >= 0.3 is 5.97 Å². The summed E-state index contributed by atoms with van der Waals surface area (Å²) in [5, 5.41) is 21.9. The van der Waals surface area contributed by atoms with Gasteiger partial charge in [0, 0.05) is 24.5 Å². The van der Waals surface area contributed by atoms with Crippen molar-refractivity contribution in [3.05, 3.63) is 29.8 Å². The Labute approximate surface area is 161 Å². The predicted octanol–water partition coefficient (Wildman–Crippen LogP) is 2.49. The second-order valence-electron chi connectivity index (χ2n) is 8.08. The van der Waals surface area contributed by atoms with Crippen LogP contribution < -0.4 is 10.1 Å². The van der Waals surface area contributed by atoms with Crippen LogP contribution in [0.3, 0.4) is 0 Å². The second-order valence-corrected chi connectivity index (χ2v) is 8.08. The molecule has 2 fully saturated rings. The number of likely N-dealkylation sites (tertiary alicyclic amines) is 1. The minimum absolute atomic E-state index is 0.0185. The van der Waals surface area contributed by atoms with Gasteiger partial charge in [0.25, 0.3) is 0 Å². The number of carboxylic acids is 1. The molecule has 146 valence electrons. The lowest BCUT2D eigenvalue weighted by Gasteiger charge is -2.42. The van der Waals surface area contributed by atoms with Crippen LogP contribution >= 0.6 is 0 Å². The van der Waals surface area contributed by atoms with E-state index in [4.69, 9.17) is 9.84 Å². The molecule has 2 aliphatic rings. The van der Waals surface area contributed by atoms with Gasteiger partial charge in [-0.1, -0.05) is 19.1 Å². The lowest BCUT2D eigenvalue weighted by Crippen LogP contribution is -2.49. The summed E-state index contributed by atoms with van der Waals surface area (Å²) in [7, 11) is 0. The number of aliphatic carboxylic acids is 1. The van der Waals surface area contributed by atoms with Crippen LogP contribution in [-0.2, 0) is 4.79 Å². The molecule has 6 nitrogen and oxygen atoms in total. The van der Waals surface area contributed by atoms with Gasteiger partial charge in [0.05, 0.1) is 18.6 Å². The zero-order valence-corrected chi connectivity index (χ0v) is 16.0. The number of nitriles is 1.